The van der Waals surface area contributed by atoms with Crippen LogP contribution in [0.25, 0.3) is 0 Å². The fraction of sp³-hybridized carbons (Fsp3) is 0.667. The van der Waals surface area contributed by atoms with Crippen molar-refractivity contribution < 1.29 is 4.42 Å². The Morgan fingerprint density at radius 3 is 3.33 bits per heavy atom. The van der Waals surface area contributed by atoms with E-state index in [2.05, 4.69) is 16.3 Å². The molecule has 0 saturated carbocycles. The summed E-state index contributed by atoms with van der Waals surface area (Å²) in [6.45, 7) is 4.68. The SMILES string of the molecule is c1cc(CN2CCCC3CNCC32)co1. The van der Waals surface area contributed by atoms with Gasteiger partial charge in [-0.1, -0.05) is 0 Å². The average Bonchev–Trinajstić information content (AvgIpc) is 2.87. The molecule has 0 spiro atoms. The second kappa shape index (κ2) is 3.99. The van der Waals surface area contributed by atoms with Gasteiger partial charge in [-0.15, -0.1) is 0 Å². The highest BCUT2D eigenvalue weighted by Gasteiger charge is 2.34. The molecule has 3 heteroatoms. The zero-order valence-electron chi connectivity index (χ0n) is 8.98. The lowest BCUT2D eigenvalue weighted by Gasteiger charge is -2.36. The van der Waals surface area contributed by atoms with Crippen LogP contribution >= 0.6 is 0 Å². The van der Waals surface area contributed by atoms with Crippen LogP contribution < -0.4 is 5.32 Å². The van der Waals surface area contributed by atoms with E-state index < -0.39 is 0 Å². The second-order valence-electron chi connectivity index (χ2n) is 4.73. The van der Waals surface area contributed by atoms with Gasteiger partial charge >= 0.3 is 0 Å². The molecule has 0 radical (unpaired) electrons. The number of nitrogens with zero attached hydrogens (tertiary/aromatic N) is 1. The van der Waals surface area contributed by atoms with Crippen molar-refractivity contribution in [1.82, 2.24) is 10.2 Å². The fourth-order valence-electron chi connectivity index (χ4n) is 2.98. The van der Waals surface area contributed by atoms with Crippen molar-refractivity contribution in [2.24, 2.45) is 5.92 Å². The summed E-state index contributed by atoms with van der Waals surface area (Å²) in [6, 6.07) is 2.83. The minimum Gasteiger partial charge on any atom is -0.472 e. The summed E-state index contributed by atoms with van der Waals surface area (Å²) >= 11 is 0. The number of likely N-dealkylation sites (tertiary alicyclic amines) is 1. The molecule has 2 fully saturated rings. The Morgan fingerprint density at radius 1 is 1.47 bits per heavy atom. The lowest BCUT2D eigenvalue weighted by atomic mass is 9.92. The molecular weight excluding hydrogens is 188 g/mol. The Balaban J connectivity index is 1.69. The number of hydrogen-bond donors (Lipinski definition) is 1. The zero-order valence-corrected chi connectivity index (χ0v) is 8.98. The Morgan fingerprint density at radius 2 is 2.47 bits per heavy atom. The number of nitrogens with one attached hydrogen (secondary N) is 1. The fourth-order valence-corrected chi connectivity index (χ4v) is 2.98. The second-order valence-corrected chi connectivity index (χ2v) is 4.73. The van der Waals surface area contributed by atoms with Crippen LogP contribution in [0.4, 0.5) is 0 Å². The van der Waals surface area contributed by atoms with Gasteiger partial charge < -0.3 is 9.73 Å². The Hall–Kier alpha value is -0.800. The molecule has 0 aromatic carbocycles. The number of hydrogen-bond acceptors (Lipinski definition) is 3. The van der Waals surface area contributed by atoms with E-state index in [0.717, 1.165) is 18.5 Å². The van der Waals surface area contributed by atoms with Crippen LogP contribution in [-0.2, 0) is 6.54 Å². The van der Waals surface area contributed by atoms with Crippen molar-refractivity contribution in [1.29, 1.82) is 0 Å². The van der Waals surface area contributed by atoms with Crippen molar-refractivity contribution in [2.75, 3.05) is 19.6 Å². The number of rotatable bonds is 2. The van der Waals surface area contributed by atoms with E-state index in [9.17, 15) is 0 Å². The molecule has 1 aromatic heterocycles. The highest BCUT2D eigenvalue weighted by atomic mass is 16.3. The largest absolute Gasteiger partial charge is 0.472 e. The van der Waals surface area contributed by atoms with Gasteiger partial charge in [0.1, 0.15) is 0 Å². The van der Waals surface area contributed by atoms with E-state index in [0.29, 0.717) is 0 Å². The summed E-state index contributed by atoms with van der Waals surface area (Å²) in [4.78, 5) is 2.61. The first-order chi connectivity index (χ1) is 7.43. The molecule has 1 N–H and O–H groups in total. The molecule has 1 aromatic rings. The molecule has 82 valence electrons. The van der Waals surface area contributed by atoms with Gasteiger partial charge in [-0.05, 0) is 37.9 Å². The van der Waals surface area contributed by atoms with Crippen LogP contribution in [0.1, 0.15) is 18.4 Å². The van der Waals surface area contributed by atoms with Gasteiger partial charge in [0.25, 0.3) is 0 Å². The van der Waals surface area contributed by atoms with Crippen LogP contribution in [-0.4, -0.2) is 30.6 Å². The van der Waals surface area contributed by atoms with Crippen molar-refractivity contribution in [3.8, 4) is 0 Å². The third kappa shape index (κ3) is 1.82. The van der Waals surface area contributed by atoms with Crippen molar-refractivity contribution in [2.45, 2.75) is 25.4 Å². The number of fused-ring (bicyclic) bond motifs is 1. The quantitative estimate of drug-likeness (QED) is 0.794. The predicted octanol–water partition coefficient (Wildman–Crippen LogP) is 1.46. The average molecular weight is 206 g/mol. The van der Waals surface area contributed by atoms with Crippen LogP contribution in [0, 0.1) is 5.92 Å². The third-order valence-electron chi connectivity index (χ3n) is 3.76. The lowest BCUT2D eigenvalue weighted by molar-refractivity contribution is 0.117. The summed E-state index contributed by atoms with van der Waals surface area (Å²) in [7, 11) is 0. The molecule has 2 saturated heterocycles. The van der Waals surface area contributed by atoms with Gasteiger partial charge in [-0.2, -0.15) is 0 Å². The van der Waals surface area contributed by atoms with Crippen LogP contribution in [0.3, 0.4) is 0 Å². The summed E-state index contributed by atoms with van der Waals surface area (Å²) in [5.74, 6) is 0.880. The molecule has 2 aliphatic rings. The van der Waals surface area contributed by atoms with Crippen molar-refractivity contribution in [3.05, 3.63) is 24.2 Å². The maximum Gasteiger partial charge on any atom is 0.0947 e. The minimum absolute atomic E-state index is 0.758. The molecule has 15 heavy (non-hydrogen) atoms. The van der Waals surface area contributed by atoms with E-state index in [1.54, 1.807) is 6.26 Å². The topological polar surface area (TPSA) is 28.4 Å². The Bertz CT molecular complexity index is 309. The van der Waals surface area contributed by atoms with E-state index in [4.69, 9.17) is 4.42 Å². The molecule has 3 heterocycles. The molecule has 0 amide bonds. The summed E-state index contributed by atoms with van der Waals surface area (Å²) < 4.78 is 5.13. The minimum atomic E-state index is 0.758. The van der Waals surface area contributed by atoms with E-state index in [1.165, 1.54) is 38.0 Å². The smallest absolute Gasteiger partial charge is 0.0947 e. The molecule has 0 bridgehead atoms. The van der Waals surface area contributed by atoms with Crippen molar-refractivity contribution in [3.63, 3.8) is 0 Å². The van der Waals surface area contributed by atoms with E-state index in [-0.39, 0.29) is 0 Å². The molecule has 3 nitrogen and oxygen atoms in total. The molecule has 2 unspecified atom stereocenters. The third-order valence-corrected chi connectivity index (χ3v) is 3.76. The van der Waals surface area contributed by atoms with Gasteiger partial charge in [-0.25, -0.2) is 0 Å². The van der Waals surface area contributed by atoms with Crippen molar-refractivity contribution >= 4 is 0 Å². The molecule has 2 atom stereocenters. The highest BCUT2D eigenvalue weighted by Crippen LogP contribution is 2.27. The standard InChI is InChI=1S/C12H18N2O/c1-2-11-6-13-7-12(11)14(4-1)8-10-3-5-15-9-10/h3,5,9,11-13H,1-2,4,6-8H2. The number of piperidine rings is 1. The Labute approximate surface area is 90.4 Å². The summed E-state index contributed by atoms with van der Waals surface area (Å²) in [6.07, 6.45) is 6.38. The maximum absolute atomic E-state index is 5.13. The predicted molar refractivity (Wildman–Crippen MR) is 58.5 cm³/mol. The normalized spacial score (nSPS) is 31.7. The first kappa shape index (κ1) is 9.43. The molecule has 2 aliphatic heterocycles. The van der Waals surface area contributed by atoms with Gasteiger partial charge in [0.2, 0.25) is 0 Å². The molecular formula is C12H18N2O. The molecule has 3 rings (SSSR count). The number of furan rings is 1. The van der Waals surface area contributed by atoms with Crippen LogP contribution in [0.2, 0.25) is 0 Å². The van der Waals surface area contributed by atoms with E-state index in [1.807, 2.05) is 6.26 Å². The molecule has 0 aliphatic carbocycles. The monoisotopic (exact) mass is 206 g/mol. The first-order valence-corrected chi connectivity index (χ1v) is 5.89. The zero-order chi connectivity index (χ0) is 10.1. The van der Waals surface area contributed by atoms with Crippen LogP contribution in [0.5, 0.6) is 0 Å². The first-order valence-electron chi connectivity index (χ1n) is 5.89. The highest BCUT2D eigenvalue weighted by molar-refractivity contribution is 5.06. The summed E-state index contributed by atoms with van der Waals surface area (Å²) in [5.41, 5.74) is 1.31. The lowest BCUT2D eigenvalue weighted by Crippen LogP contribution is -2.44. The van der Waals surface area contributed by atoms with Gasteiger partial charge in [0.15, 0.2) is 0 Å². The summed E-state index contributed by atoms with van der Waals surface area (Å²) in [5, 5.41) is 3.51. The van der Waals surface area contributed by atoms with Crippen LogP contribution in [0.15, 0.2) is 23.0 Å². The maximum atomic E-state index is 5.13. The van der Waals surface area contributed by atoms with E-state index >= 15 is 0 Å². The van der Waals surface area contributed by atoms with Gasteiger partial charge in [0.05, 0.1) is 12.5 Å². The van der Waals surface area contributed by atoms with Gasteiger partial charge in [0, 0.05) is 24.7 Å². The Kier molecular flexibility index (Phi) is 2.51. The van der Waals surface area contributed by atoms with Gasteiger partial charge in [-0.3, -0.25) is 4.90 Å².